The summed E-state index contributed by atoms with van der Waals surface area (Å²) in [5.74, 6) is 4.39. The van der Waals surface area contributed by atoms with E-state index in [4.69, 9.17) is 11.2 Å². The summed E-state index contributed by atoms with van der Waals surface area (Å²) in [5, 5.41) is 0. The predicted octanol–water partition coefficient (Wildman–Crippen LogP) is 3.85. The van der Waals surface area contributed by atoms with E-state index in [1.165, 1.54) is 0 Å². The summed E-state index contributed by atoms with van der Waals surface area (Å²) in [6.45, 7) is 0.503. The lowest BCUT2D eigenvalue weighted by molar-refractivity contribution is 0.415. The van der Waals surface area contributed by atoms with Crippen LogP contribution in [0.15, 0.2) is 48.5 Å². The zero-order valence-corrected chi connectivity index (χ0v) is 12.4. The summed E-state index contributed by atoms with van der Waals surface area (Å²) in [6, 6.07) is 15.9. The SMILES string of the molecule is C#CCn1c(C=Cc2ccc(OC)cc2)nc2ccccc21. The molecule has 0 bridgehead atoms. The first-order valence-corrected chi connectivity index (χ1v) is 7.02. The smallest absolute Gasteiger partial charge is 0.134 e. The molecule has 3 aromatic rings. The molecule has 0 aliphatic carbocycles. The molecule has 3 rings (SSSR count). The van der Waals surface area contributed by atoms with Crippen LogP contribution in [0, 0.1) is 12.3 Å². The molecule has 2 aromatic carbocycles. The first-order valence-electron chi connectivity index (χ1n) is 7.02. The van der Waals surface area contributed by atoms with Crippen molar-refractivity contribution in [1.29, 1.82) is 0 Å². The van der Waals surface area contributed by atoms with E-state index in [0.717, 1.165) is 28.2 Å². The van der Waals surface area contributed by atoms with E-state index in [1.54, 1.807) is 7.11 Å². The first-order chi connectivity index (χ1) is 10.8. The second-order valence-electron chi connectivity index (χ2n) is 4.86. The van der Waals surface area contributed by atoms with Crippen molar-refractivity contribution in [2.75, 3.05) is 7.11 Å². The van der Waals surface area contributed by atoms with Crippen molar-refractivity contribution in [2.45, 2.75) is 6.54 Å². The highest BCUT2D eigenvalue weighted by Gasteiger charge is 2.06. The van der Waals surface area contributed by atoms with Gasteiger partial charge in [-0.3, -0.25) is 0 Å². The number of hydrogen-bond acceptors (Lipinski definition) is 2. The number of terminal acetylenes is 1. The van der Waals surface area contributed by atoms with Crippen LogP contribution in [0.4, 0.5) is 0 Å². The van der Waals surface area contributed by atoms with Crippen molar-refractivity contribution in [3.05, 3.63) is 59.9 Å². The third-order valence-corrected chi connectivity index (χ3v) is 3.47. The lowest BCUT2D eigenvalue weighted by atomic mass is 10.2. The van der Waals surface area contributed by atoms with Crippen molar-refractivity contribution in [3.8, 4) is 18.1 Å². The standard InChI is InChI=1S/C19H16N2O/c1-3-14-21-18-7-5-4-6-17(18)20-19(21)13-10-15-8-11-16(22-2)12-9-15/h1,4-13H,14H2,2H3. The number of rotatable bonds is 4. The fourth-order valence-electron chi connectivity index (χ4n) is 2.36. The van der Waals surface area contributed by atoms with Gasteiger partial charge in [-0.15, -0.1) is 6.42 Å². The van der Waals surface area contributed by atoms with Crippen LogP contribution in [0.25, 0.3) is 23.2 Å². The van der Waals surface area contributed by atoms with E-state index in [1.807, 2.05) is 65.3 Å². The molecule has 0 saturated heterocycles. The van der Waals surface area contributed by atoms with E-state index in [-0.39, 0.29) is 0 Å². The molecule has 108 valence electrons. The molecule has 0 aliphatic heterocycles. The molecule has 0 amide bonds. The van der Waals surface area contributed by atoms with Gasteiger partial charge in [0.2, 0.25) is 0 Å². The third kappa shape index (κ3) is 2.72. The minimum atomic E-state index is 0.503. The summed E-state index contributed by atoms with van der Waals surface area (Å²) in [6.07, 6.45) is 9.49. The number of hydrogen-bond donors (Lipinski definition) is 0. The Morgan fingerprint density at radius 2 is 1.91 bits per heavy atom. The Labute approximate surface area is 129 Å². The molecule has 1 heterocycles. The van der Waals surface area contributed by atoms with Crippen LogP contribution < -0.4 is 4.74 Å². The molecule has 0 aliphatic rings. The average molecular weight is 288 g/mol. The third-order valence-electron chi connectivity index (χ3n) is 3.47. The van der Waals surface area contributed by atoms with Crippen molar-refractivity contribution in [3.63, 3.8) is 0 Å². The maximum absolute atomic E-state index is 5.48. The number of benzene rings is 2. The van der Waals surface area contributed by atoms with Crippen LogP contribution in [0.1, 0.15) is 11.4 Å². The van der Waals surface area contributed by atoms with Gasteiger partial charge < -0.3 is 9.30 Å². The second-order valence-corrected chi connectivity index (χ2v) is 4.86. The first kappa shape index (κ1) is 14.0. The van der Waals surface area contributed by atoms with E-state index >= 15 is 0 Å². The molecule has 0 fully saturated rings. The van der Waals surface area contributed by atoms with Crippen LogP contribution in [0.5, 0.6) is 5.75 Å². The maximum atomic E-state index is 5.48. The number of methoxy groups -OCH3 is 1. The van der Waals surface area contributed by atoms with Crippen LogP contribution >= 0.6 is 0 Å². The van der Waals surface area contributed by atoms with Crippen LogP contribution in [0.2, 0.25) is 0 Å². The van der Waals surface area contributed by atoms with E-state index in [9.17, 15) is 0 Å². The lowest BCUT2D eigenvalue weighted by Gasteiger charge is -2.02. The highest BCUT2D eigenvalue weighted by Crippen LogP contribution is 2.18. The summed E-state index contributed by atoms with van der Waals surface area (Å²) in [4.78, 5) is 4.64. The molecule has 0 atom stereocenters. The maximum Gasteiger partial charge on any atom is 0.134 e. The van der Waals surface area contributed by atoms with Gasteiger partial charge in [0.25, 0.3) is 0 Å². The Morgan fingerprint density at radius 1 is 1.14 bits per heavy atom. The number of imidazole rings is 1. The van der Waals surface area contributed by atoms with E-state index in [0.29, 0.717) is 6.54 Å². The number of ether oxygens (including phenoxy) is 1. The Morgan fingerprint density at radius 3 is 2.64 bits per heavy atom. The normalized spacial score (nSPS) is 10.9. The van der Waals surface area contributed by atoms with Gasteiger partial charge >= 0.3 is 0 Å². The number of aromatic nitrogens is 2. The minimum Gasteiger partial charge on any atom is -0.497 e. The van der Waals surface area contributed by atoms with Crippen molar-refractivity contribution < 1.29 is 4.74 Å². The van der Waals surface area contributed by atoms with Crippen LogP contribution in [-0.2, 0) is 6.54 Å². The number of fused-ring (bicyclic) bond motifs is 1. The number of nitrogens with zero attached hydrogens (tertiary/aromatic N) is 2. The largest absolute Gasteiger partial charge is 0.497 e. The van der Waals surface area contributed by atoms with Crippen LogP contribution in [0.3, 0.4) is 0 Å². The van der Waals surface area contributed by atoms with Crippen molar-refractivity contribution in [1.82, 2.24) is 9.55 Å². The van der Waals surface area contributed by atoms with Gasteiger partial charge in [-0.2, -0.15) is 0 Å². The molecular weight excluding hydrogens is 272 g/mol. The number of para-hydroxylation sites is 2. The molecule has 22 heavy (non-hydrogen) atoms. The lowest BCUT2D eigenvalue weighted by Crippen LogP contribution is -1.98. The fourth-order valence-corrected chi connectivity index (χ4v) is 2.36. The molecule has 3 nitrogen and oxygen atoms in total. The summed E-state index contributed by atoms with van der Waals surface area (Å²) < 4.78 is 7.20. The monoisotopic (exact) mass is 288 g/mol. The van der Waals surface area contributed by atoms with Gasteiger partial charge in [-0.05, 0) is 35.9 Å². The Bertz CT molecular complexity index is 851. The Kier molecular flexibility index (Phi) is 3.93. The molecule has 3 heteroatoms. The Hall–Kier alpha value is -2.99. The predicted molar refractivity (Wildman–Crippen MR) is 90.5 cm³/mol. The molecular formula is C19H16N2O. The molecule has 0 radical (unpaired) electrons. The van der Waals surface area contributed by atoms with Gasteiger partial charge in [-0.25, -0.2) is 4.98 Å². The summed E-state index contributed by atoms with van der Waals surface area (Å²) in [7, 11) is 1.66. The van der Waals surface area contributed by atoms with E-state index in [2.05, 4.69) is 10.9 Å². The summed E-state index contributed by atoms with van der Waals surface area (Å²) in [5.41, 5.74) is 3.09. The Balaban J connectivity index is 1.96. The van der Waals surface area contributed by atoms with Gasteiger partial charge in [0.05, 0.1) is 24.7 Å². The highest BCUT2D eigenvalue weighted by atomic mass is 16.5. The molecule has 0 N–H and O–H groups in total. The fraction of sp³-hybridized carbons (Fsp3) is 0.105. The topological polar surface area (TPSA) is 27.1 Å². The van der Waals surface area contributed by atoms with Gasteiger partial charge in [0.1, 0.15) is 11.6 Å². The highest BCUT2D eigenvalue weighted by molar-refractivity contribution is 5.80. The van der Waals surface area contributed by atoms with E-state index < -0.39 is 0 Å². The van der Waals surface area contributed by atoms with Crippen molar-refractivity contribution in [2.24, 2.45) is 0 Å². The quantitative estimate of drug-likeness (QED) is 0.682. The second kappa shape index (κ2) is 6.19. The van der Waals surface area contributed by atoms with Crippen LogP contribution in [-0.4, -0.2) is 16.7 Å². The molecule has 0 saturated carbocycles. The van der Waals surface area contributed by atoms with Crippen molar-refractivity contribution >= 4 is 23.2 Å². The minimum absolute atomic E-state index is 0.503. The molecule has 0 spiro atoms. The summed E-state index contributed by atoms with van der Waals surface area (Å²) >= 11 is 0. The zero-order chi connectivity index (χ0) is 15.4. The molecule has 1 aromatic heterocycles. The van der Waals surface area contributed by atoms with Gasteiger partial charge in [0, 0.05) is 0 Å². The molecule has 0 unspecified atom stereocenters. The van der Waals surface area contributed by atoms with Gasteiger partial charge in [-0.1, -0.05) is 36.3 Å². The van der Waals surface area contributed by atoms with Gasteiger partial charge in [0.15, 0.2) is 0 Å². The zero-order valence-electron chi connectivity index (χ0n) is 12.4. The average Bonchev–Trinajstić information content (AvgIpc) is 2.92.